The van der Waals surface area contributed by atoms with Crippen LogP contribution in [-0.2, 0) is 4.79 Å². The van der Waals surface area contributed by atoms with Gasteiger partial charge in [-0.25, -0.2) is 4.79 Å². The van der Waals surface area contributed by atoms with E-state index in [1.54, 1.807) is 4.90 Å². The number of amides is 3. The summed E-state index contributed by atoms with van der Waals surface area (Å²) >= 11 is 0. The molecule has 20 heavy (non-hydrogen) atoms. The molecule has 1 aromatic rings. The largest absolute Gasteiger partial charge is 0.350 e. The number of rotatable bonds is 5. The van der Waals surface area contributed by atoms with E-state index >= 15 is 0 Å². The van der Waals surface area contributed by atoms with Crippen molar-refractivity contribution in [3.63, 3.8) is 0 Å². The summed E-state index contributed by atoms with van der Waals surface area (Å²) < 4.78 is 0. The van der Waals surface area contributed by atoms with E-state index in [1.807, 2.05) is 45.0 Å². The predicted molar refractivity (Wildman–Crippen MR) is 80.6 cm³/mol. The monoisotopic (exact) mass is 277 g/mol. The van der Waals surface area contributed by atoms with E-state index < -0.39 is 0 Å². The van der Waals surface area contributed by atoms with Crippen molar-refractivity contribution in [2.75, 3.05) is 18.4 Å². The topological polar surface area (TPSA) is 61.4 Å². The second-order valence-electron chi connectivity index (χ2n) is 4.65. The van der Waals surface area contributed by atoms with Crippen LogP contribution in [0.3, 0.4) is 0 Å². The van der Waals surface area contributed by atoms with Gasteiger partial charge in [0.2, 0.25) is 5.91 Å². The van der Waals surface area contributed by atoms with E-state index in [0.717, 1.165) is 11.3 Å². The molecule has 0 spiro atoms. The lowest BCUT2D eigenvalue weighted by atomic mass is 10.1. The molecule has 1 rings (SSSR count). The fourth-order valence-electron chi connectivity index (χ4n) is 1.96. The van der Waals surface area contributed by atoms with Gasteiger partial charge in [-0.05, 0) is 38.5 Å². The average molecular weight is 277 g/mol. The number of carbonyl (C=O) groups is 2. The number of carbonyl (C=O) groups excluding carboxylic acids is 2. The highest BCUT2D eigenvalue weighted by molar-refractivity contribution is 5.89. The first kappa shape index (κ1) is 16.0. The Labute approximate surface area is 120 Å². The zero-order valence-corrected chi connectivity index (χ0v) is 12.6. The molecule has 110 valence electrons. The predicted octanol–water partition coefficient (Wildman–Crippen LogP) is 2.76. The number of anilines is 1. The molecule has 0 heterocycles. The number of hydrogen-bond acceptors (Lipinski definition) is 2. The molecule has 0 radical (unpaired) electrons. The molecular weight excluding hydrogens is 254 g/mol. The molecule has 1 atom stereocenters. The molecular formula is C15H23N3O2. The highest BCUT2D eigenvalue weighted by atomic mass is 16.2. The van der Waals surface area contributed by atoms with Gasteiger partial charge in [-0.2, -0.15) is 0 Å². The lowest BCUT2D eigenvalue weighted by Gasteiger charge is -2.19. The molecule has 0 aliphatic heterocycles. The number of nitrogens with one attached hydrogen (secondary N) is 2. The number of urea groups is 1. The van der Waals surface area contributed by atoms with Gasteiger partial charge >= 0.3 is 6.03 Å². The summed E-state index contributed by atoms with van der Waals surface area (Å²) in [5.41, 5.74) is 1.75. The fraction of sp³-hybridized carbons (Fsp3) is 0.467. The molecule has 0 aliphatic carbocycles. The highest BCUT2D eigenvalue weighted by Gasteiger charge is 2.10. The molecule has 5 heteroatoms. The molecule has 0 aromatic heterocycles. The van der Waals surface area contributed by atoms with Crippen LogP contribution in [0.1, 0.15) is 39.3 Å². The number of hydrogen-bond donors (Lipinski definition) is 2. The summed E-state index contributed by atoms with van der Waals surface area (Å²) in [5.74, 6) is -0.0589. The average Bonchev–Trinajstić information content (AvgIpc) is 2.40. The van der Waals surface area contributed by atoms with Gasteiger partial charge < -0.3 is 15.5 Å². The Kier molecular flexibility index (Phi) is 6.03. The minimum Gasteiger partial charge on any atom is -0.350 e. The van der Waals surface area contributed by atoms with Gasteiger partial charge in [0.1, 0.15) is 0 Å². The van der Waals surface area contributed by atoms with Crippen LogP contribution in [0.25, 0.3) is 0 Å². The molecule has 1 aromatic carbocycles. The number of benzene rings is 1. The highest BCUT2D eigenvalue weighted by Crippen LogP contribution is 2.16. The van der Waals surface area contributed by atoms with Gasteiger partial charge in [-0.1, -0.05) is 12.1 Å². The van der Waals surface area contributed by atoms with Crippen LogP contribution in [-0.4, -0.2) is 29.9 Å². The molecule has 0 aliphatic rings. The van der Waals surface area contributed by atoms with Crippen molar-refractivity contribution in [3.05, 3.63) is 29.8 Å². The zero-order chi connectivity index (χ0) is 15.1. The molecule has 2 N–H and O–H groups in total. The fourth-order valence-corrected chi connectivity index (χ4v) is 1.96. The molecule has 0 saturated carbocycles. The summed E-state index contributed by atoms with van der Waals surface area (Å²) in [4.78, 5) is 24.6. The third-order valence-electron chi connectivity index (χ3n) is 3.13. The van der Waals surface area contributed by atoms with Crippen molar-refractivity contribution in [1.29, 1.82) is 0 Å². The number of nitrogens with zero attached hydrogens (tertiary/aromatic N) is 1. The first-order valence-electron chi connectivity index (χ1n) is 6.90. The SMILES string of the molecule is CCN(CC)C(=O)Nc1ccc(C(C)NC(C)=O)cc1. The van der Waals surface area contributed by atoms with Crippen molar-refractivity contribution in [1.82, 2.24) is 10.2 Å². The van der Waals surface area contributed by atoms with Crippen LogP contribution in [0.4, 0.5) is 10.5 Å². The Balaban J connectivity index is 2.67. The van der Waals surface area contributed by atoms with E-state index in [9.17, 15) is 9.59 Å². The maximum absolute atomic E-state index is 11.9. The van der Waals surface area contributed by atoms with Gasteiger partial charge in [-0.3, -0.25) is 4.79 Å². The van der Waals surface area contributed by atoms with Crippen molar-refractivity contribution in [2.24, 2.45) is 0 Å². The van der Waals surface area contributed by atoms with Crippen LogP contribution in [0.2, 0.25) is 0 Å². The lowest BCUT2D eigenvalue weighted by molar-refractivity contribution is -0.119. The van der Waals surface area contributed by atoms with Crippen LogP contribution >= 0.6 is 0 Å². The molecule has 1 unspecified atom stereocenters. The van der Waals surface area contributed by atoms with Gasteiger partial charge in [0.15, 0.2) is 0 Å². The Morgan fingerprint density at radius 2 is 1.70 bits per heavy atom. The smallest absolute Gasteiger partial charge is 0.321 e. The quantitative estimate of drug-likeness (QED) is 0.869. The van der Waals surface area contributed by atoms with E-state index in [-0.39, 0.29) is 18.0 Å². The van der Waals surface area contributed by atoms with E-state index in [1.165, 1.54) is 6.92 Å². The Morgan fingerprint density at radius 1 is 1.15 bits per heavy atom. The molecule has 3 amide bonds. The Hall–Kier alpha value is -2.04. The van der Waals surface area contributed by atoms with Crippen molar-refractivity contribution in [3.8, 4) is 0 Å². The first-order valence-corrected chi connectivity index (χ1v) is 6.90. The third kappa shape index (κ3) is 4.57. The zero-order valence-electron chi connectivity index (χ0n) is 12.6. The molecule has 0 fully saturated rings. The minimum atomic E-state index is -0.0994. The van der Waals surface area contributed by atoms with Crippen molar-refractivity contribution in [2.45, 2.75) is 33.7 Å². The Morgan fingerprint density at radius 3 is 2.15 bits per heavy atom. The summed E-state index contributed by atoms with van der Waals surface area (Å²) in [6, 6.07) is 7.35. The van der Waals surface area contributed by atoms with Crippen LogP contribution in [0, 0.1) is 0 Å². The molecule has 5 nitrogen and oxygen atoms in total. The van der Waals surface area contributed by atoms with E-state index in [0.29, 0.717) is 13.1 Å². The second kappa shape index (κ2) is 7.53. The van der Waals surface area contributed by atoms with Gasteiger partial charge in [0.05, 0.1) is 6.04 Å². The summed E-state index contributed by atoms with van der Waals surface area (Å²) in [6.45, 7) is 8.67. The summed E-state index contributed by atoms with van der Waals surface area (Å²) in [6.07, 6.45) is 0. The molecule has 0 bridgehead atoms. The molecule has 0 saturated heterocycles. The van der Waals surface area contributed by atoms with Gasteiger partial charge in [-0.15, -0.1) is 0 Å². The Bertz CT molecular complexity index is 453. The normalized spacial score (nSPS) is 11.6. The van der Waals surface area contributed by atoms with E-state index in [4.69, 9.17) is 0 Å². The van der Waals surface area contributed by atoms with Crippen LogP contribution in [0.15, 0.2) is 24.3 Å². The summed E-state index contributed by atoms with van der Waals surface area (Å²) in [5, 5.41) is 5.67. The lowest BCUT2D eigenvalue weighted by Crippen LogP contribution is -2.34. The van der Waals surface area contributed by atoms with E-state index in [2.05, 4.69) is 10.6 Å². The van der Waals surface area contributed by atoms with Crippen LogP contribution < -0.4 is 10.6 Å². The minimum absolute atomic E-state index is 0.0416. The standard InChI is InChI=1S/C15H23N3O2/c1-5-18(6-2)15(20)17-14-9-7-13(8-10-14)11(3)16-12(4)19/h7-11H,5-6H2,1-4H3,(H,16,19)(H,17,20). The summed E-state index contributed by atoms with van der Waals surface area (Å²) in [7, 11) is 0. The maximum Gasteiger partial charge on any atom is 0.321 e. The van der Waals surface area contributed by atoms with Crippen molar-refractivity contribution < 1.29 is 9.59 Å². The van der Waals surface area contributed by atoms with Gasteiger partial charge in [0, 0.05) is 25.7 Å². The maximum atomic E-state index is 11.9. The van der Waals surface area contributed by atoms with Crippen LogP contribution in [0.5, 0.6) is 0 Å². The van der Waals surface area contributed by atoms with Gasteiger partial charge in [0.25, 0.3) is 0 Å². The first-order chi connectivity index (χ1) is 9.47. The third-order valence-corrected chi connectivity index (χ3v) is 3.13. The second-order valence-corrected chi connectivity index (χ2v) is 4.65. The van der Waals surface area contributed by atoms with Crippen molar-refractivity contribution >= 4 is 17.6 Å².